The number of halogens is 1. The fraction of sp³-hybridized carbons (Fsp3) is 0.375. The van der Waals surface area contributed by atoms with Crippen LogP contribution in [0.3, 0.4) is 0 Å². The monoisotopic (exact) mass is 362 g/mol. The summed E-state index contributed by atoms with van der Waals surface area (Å²) in [6.45, 7) is 2.25. The zero-order valence-corrected chi connectivity index (χ0v) is 14.6. The predicted molar refractivity (Wildman–Crippen MR) is 90.4 cm³/mol. The topological polar surface area (TPSA) is 69.4 Å². The van der Waals surface area contributed by atoms with Crippen molar-refractivity contribution in [2.75, 3.05) is 0 Å². The molecule has 1 aliphatic carbocycles. The van der Waals surface area contributed by atoms with Gasteiger partial charge in [0.2, 0.25) is 0 Å². The van der Waals surface area contributed by atoms with E-state index in [0.29, 0.717) is 28.1 Å². The highest BCUT2D eigenvalue weighted by Gasteiger charge is 2.24. The van der Waals surface area contributed by atoms with Crippen LogP contribution >= 0.6 is 22.9 Å². The van der Waals surface area contributed by atoms with Crippen LogP contribution in [0.4, 0.5) is 0 Å². The molecule has 0 unspecified atom stereocenters. The number of esters is 1. The zero-order valence-electron chi connectivity index (χ0n) is 13.0. The Morgan fingerprint density at radius 1 is 1.46 bits per heavy atom. The van der Waals surface area contributed by atoms with Crippen LogP contribution in [-0.4, -0.2) is 25.8 Å². The van der Waals surface area contributed by atoms with E-state index in [1.165, 1.54) is 9.39 Å². The van der Waals surface area contributed by atoms with Crippen molar-refractivity contribution in [2.24, 2.45) is 5.92 Å². The number of thiophene rings is 1. The average Bonchev–Trinajstić information content (AvgIpc) is 3.15. The summed E-state index contributed by atoms with van der Waals surface area (Å²) in [6.07, 6.45) is 3.10. The first-order chi connectivity index (χ1) is 11.6. The maximum atomic E-state index is 12.4. The number of ether oxygens (including phenoxy) is 1. The van der Waals surface area contributed by atoms with E-state index < -0.39 is 0 Å². The van der Waals surface area contributed by atoms with Gasteiger partial charge in [0.05, 0.1) is 5.56 Å². The van der Waals surface area contributed by atoms with E-state index in [1.54, 1.807) is 23.5 Å². The van der Waals surface area contributed by atoms with Gasteiger partial charge in [-0.05, 0) is 42.9 Å². The standard InChI is InChI=1S/C16H15ClN4O2S/c1-9-2-3-10-11(8-24-12(10)6-9)16(22)23-7-15-19-18-14-5-4-13(17)20-21(14)15/h4-5,8-9H,2-3,6-7H2,1H3/t9-/m0/s1. The molecule has 24 heavy (non-hydrogen) atoms. The van der Waals surface area contributed by atoms with Gasteiger partial charge in [0, 0.05) is 10.3 Å². The summed E-state index contributed by atoms with van der Waals surface area (Å²) >= 11 is 7.54. The molecule has 0 fully saturated rings. The minimum atomic E-state index is -0.319. The molecule has 0 bridgehead atoms. The lowest BCUT2D eigenvalue weighted by Gasteiger charge is -2.18. The van der Waals surface area contributed by atoms with Gasteiger partial charge in [-0.1, -0.05) is 18.5 Å². The highest BCUT2D eigenvalue weighted by atomic mass is 35.5. The van der Waals surface area contributed by atoms with E-state index in [0.717, 1.165) is 24.8 Å². The Labute approximate surface area is 147 Å². The first-order valence-electron chi connectivity index (χ1n) is 7.75. The number of carbonyl (C=O) groups excluding carboxylic acids is 1. The van der Waals surface area contributed by atoms with E-state index in [1.807, 2.05) is 5.38 Å². The van der Waals surface area contributed by atoms with Gasteiger partial charge < -0.3 is 4.74 Å². The Bertz CT molecular complexity index is 920. The molecule has 1 aliphatic rings. The van der Waals surface area contributed by atoms with Crippen LogP contribution in [0.25, 0.3) is 5.65 Å². The van der Waals surface area contributed by atoms with E-state index in [2.05, 4.69) is 22.2 Å². The van der Waals surface area contributed by atoms with Crippen molar-refractivity contribution in [3.8, 4) is 0 Å². The number of rotatable bonds is 3. The summed E-state index contributed by atoms with van der Waals surface area (Å²) in [5.74, 6) is 0.803. The highest BCUT2D eigenvalue weighted by Crippen LogP contribution is 2.33. The third-order valence-corrected chi connectivity index (χ3v) is 5.50. The molecule has 0 aliphatic heterocycles. The molecule has 4 rings (SSSR count). The summed E-state index contributed by atoms with van der Waals surface area (Å²) < 4.78 is 6.92. The molecule has 0 aromatic carbocycles. The second-order valence-corrected chi connectivity index (χ2v) is 7.37. The molecule has 1 atom stereocenters. The first kappa shape index (κ1) is 15.5. The molecule has 3 aromatic heterocycles. The highest BCUT2D eigenvalue weighted by molar-refractivity contribution is 7.10. The lowest BCUT2D eigenvalue weighted by atomic mass is 9.88. The first-order valence-corrected chi connectivity index (χ1v) is 9.01. The maximum Gasteiger partial charge on any atom is 0.339 e. The Morgan fingerprint density at radius 3 is 3.21 bits per heavy atom. The van der Waals surface area contributed by atoms with Gasteiger partial charge in [-0.3, -0.25) is 0 Å². The molecule has 0 radical (unpaired) electrons. The Morgan fingerprint density at radius 2 is 2.33 bits per heavy atom. The summed E-state index contributed by atoms with van der Waals surface area (Å²) in [6, 6.07) is 3.35. The molecule has 0 saturated heterocycles. The Kier molecular flexibility index (Phi) is 3.97. The van der Waals surface area contributed by atoms with Crippen LogP contribution in [0, 0.1) is 5.92 Å². The zero-order chi connectivity index (χ0) is 16.7. The van der Waals surface area contributed by atoms with E-state index >= 15 is 0 Å². The van der Waals surface area contributed by atoms with Crippen molar-refractivity contribution in [1.29, 1.82) is 0 Å². The number of carbonyl (C=O) groups is 1. The number of hydrogen-bond donors (Lipinski definition) is 0. The Hall–Kier alpha value is -1.99. The molecule has 0 amide bonds. The molecular weight excluding hydrogens is 348 g/mol. The van der Waals surface area contributed by atoms with Gasteiger partial charge in [0.1, 0.15) is 5.15 Å². The molecule has 124 valence electrons. The molecule has 0 N–H and O–H groups in total. The summed E-state index contributed by atoms with van der Waals surface area (Å²) in [4.78, 5) is 13.7. The van der Waals surface area contributed by atoms with Gasteiger partial charge in [-0.15, -0.1) is 21.5 Å². The third kappa shape index (κ3) is 2.78. The molecule has 3 heterocycles. The summed E-state index contributed by atoms with van der Waals surface area (Å²) in [7, 11) is 0. The van der Waals surface area contributed by atoms with Crippen LogP contribution in [0.5, 0.6) is 0 Å². The molecule has 6 nitrogen and oxygen atoms in total. The lowest BCUT2D eigenvalue weighted by molar-refractivity contribution is 0.0459. The maximum absolute atomic E-state index is 12.4. The number of nitrogens with zero attached hydrogens (tertiary/aromatic N) is 4. The fourth-order valence-corrected chi connectivity index (χ4v) is 4.33. The van der Waals surface area contributed by atoms with Crippen LogP contribution in [0.1, 0.15) is 40.0 Å². The van der Waals surface area contributed by atoms with E-state index in [9.17, 15) is 4.79 Å². The van der Waals surface area contributed by atoms with Crippen LogP contribution in [0.2, 0.25) is 5.15 Å². The second kappa shape index (κ2) is 6.14. The molecule has 0 spiro atoms. The van der Waals surface area contributed by atoms with Gasteiger partial charge in [0.15, 0.2) is 18.1 Å². The molecule has 0 saturated carbocycles. The summed E-state index contributed by atoms with van der Waals surface area (Å²) in [5.41, 5.74) is 2.39. The lowest BCUT2D eigenvalue weighted by Crippen LogP contribution is -2.14. The van der Waals surface area contributed by atoms with Crippen molar-refractivity contribution in [2.45, 2.75) is 32.8 Å². The quantitative estimate of drug-likeness (QED) is 0.668. The molecule has 3 aromatic rings. The van der Waals surface area contributed by atoms with Crippen LogP contribution in [0.15, 0.2) is 17.5 Å². The van der Waals surface area contributed by atoms with Crippen molar-refractivity contribution < 1.29 is 9.53 Å². The molecular formula is C16H15ClN4O2S. The van der Waals surface area contributed by atoms with Crippen molar-refractivity contribution in [3.63, 3.8) is 0 Å². The van der Waals surface area contributed by atoms with Gasteiger partial charge in [-0.2, -0.15) is 9.61 Å². The average molecular weight is 363 g/mol. The minimum absolute atomic E-state index is 0.00830. The van der Waals surface area contributed by atoms with Gasteiger partial charge in [0.25, 0.3) is 0 Å². The van der Waals surface area contributed by atoms with Crippen molar-refractivity contribution in [3.05, 3.63) is 44.5 Å². The predicted octanol–water partition coefficient (Wildman–Crippen LogP) is 3.32. The van der Waals surface area contributed by atoms with Crippen molar-refractivity contribution >= 4 is 34.6 Å². The van der Waals surface area contributed by atoms with Crippen LogP contribution in [-0.2, 0) is 24.2 Å². The number of aromatic nitrogens is 4. The second-order valence-electron chi connectivity index (χ2n) is 6.02. The number of fused-ring (bicyclic) bond motifs is 2. The third-order valence-electron chi connectivity index (χ3n) is 4.25. The fourth-order valence-electron chi connectivity index (χ4n) is 2.96. The normalized spacial score (nSPS) is 17.0. The van der Waals surface area contributed by atoms with E-state index in [4.69, 9.17) is 16.3 Å². The largest absolute Gasteiger partial charge is 0.454 e. The van der Waals surface area contributed by atoms with Crippen molar-refractivity contribution in [1.82, 2.24) is 19.8 Å². The SMILES string of the molecule is C[C@H]1CCc2c(C(=O)OCc3nnc4ccc(Cl)nn34)csc2C1. The van der Waals surface area contributed by atoms with Crippen LogP contribution < -0.4 is 0 Å². The smallest absolute Gasteiger partial charge is 0.339 e. The molecule has 8 heteroatoms. The summed E-state index contributed by atoms with van der Waals surface area (Å²) in [5, 5.41) is 14.3. The van der Waals surface area contributed by atoms with E-state index in [-0.39, 0.29) is 12.6 Å². The Balaban J connectivity index is 1.52. The number of hydrogen-bond acceptors (Lipinski definition) is 6. The minimum Gasteiger partial charge on any atom is -0.454 e. The van der Waals surface area contributed by atoms with Gasteiger partial charge in [-0.25, -0.2) is 4.79 Å². The van der Waals surface area contributed by atoms with Gasteiger partial charge >= 0.3 is 5.97 Å².